The molecule has 0 radical (unpaired) electrons. The van der Waals surface area contributed by atoms with E-state index in [0.29, 0.717) is 37.2 Å². The molecule has 2 saturated heterocycles. The van der Waals surface area contributed by atoms with E-state index < -0.39 is 6.04 Å². The second-order valence-corrected chi connectivity index (χ2v) is 8.37. The molecule has 1 aromatic carbocycles. The van der Waals surface area contributed by atoms with Crippen molar-refractivity contribution in [3.8, 4) is 0 Å². The van der Waals surface area contributed by atoms with Gasteiger partial charge in [0.1, 0.15) is 6.04 Å². The van der Waals surface area contributed by atoms with Crippen LogP contribution in [0.25, 0.3) is 0 Å². The molecule has 4 atom stereocenters. The lowest BCUT2D eigenvalue weighted by Gasteiger charge is -2.29. The lowest BCUT2D eigenvalue weighted by Crippen LogP contribution is -2.52. The third-order valence-electron chi connectivity index (χ3n) is 6.56. The van der Waals surface area contributed by atoms with Crippen molar-refractivity contribution in [2.24, 2.45) is 0 Å². The number of ether oxygens (including phenoxy) is 1. The fourth-order valence-electron chi connectivity index (χ4n) is 5.11. The van der Waals surface area contributed by atoms with Gasteiger partial charge in [-0.1, -0.05) is 18.2 Å². The maximum Gasteiger partial charge on any atom is 0.255 e. The van der Waals surface area contributed by atoms with E-state index in [-0.39, 0.29) is 30.2 Å². The van der Waals surface area contributed by atoms with Gasteiger partial charge in [0.15, 0.2) is 0 Å². The Kier molecular flexibility index (Phi) is 4.85. The Balaban J connectivity index is 1.28. The number of hydrogen-bond acceptors (Lipinski definition) is 6. The summed E-state index contributed by atoms with van der Waals surface area (Å²) < 4.78 is 5.85. The third kappa shape index (κ3) is 3.45. The largest absolute Gasteiger partial charge is 0.375 e. The van der Waals surface area contributed by atoms with Gasteiger partial charge in [-0.2, -0.15) is 0 Å². The summed E-state index contributed by atoms with van der Waals surface area (Å²) in [5, 5.41) is 9.47. The molecule has 3 aliphatic heterocycles. The molecule has 29 heavy (non-hydrogen) atoms. The van der Waals surface area contributed by atoms with Crippen LogP contribution in [0.5, 0.6) is 0 Å². The Morgan fingerprint density at radius 2 is 2.10 bits per heavy atom. The highest BCUT2D eigenvalue weighted by Crippen LogP contribution is 2.30. The van der Waals surface area contributed by atoms with Crippen molar-refractivity contribution in [2.75, 3.05) is 13.2 Å². The zero-order valence-electron chi connectivity index (χ0n) is 16.3. The molecule has 4 aliphatic rings. The van der Waals surface area contributed by atoms with Gasteiger partial charge in [0.05, 0.1) is 12.7 Å². The standard InChI is InChI=1S/C21H26N4O4/c26-18-5-4-16(20(27)24-18)25-11-13-3-1-2-12(19(13)21(25)28)10-23-14-8-15-17(9-14)29-7-6-22-15/h1-3,14-17,22-23H,4-11H2,(H,24,26,27). The van der Waals surface area contributed by atoms with E-state index in [9.17, 15) is 14.4 Å². The highest BCUT2D eigenvalue weighted by molar-refractivity contribution is 6.05. The van der Waals surface area contributed by atoms with E-state index in [4.69, 9.17) is 4.74 Å². The SMILES string of the molecule is O=C1CCC(N2Cc3cccc(CNC4CC5NCCOC5C4)c3C2=O)C(=O)N1. The normalized spacial score (nSPS) is 31.6. The monoisotopic (exact) mass is 398 g/mol. The smallest absolute Gasteiger partial charge is 0.255 e. The Morgan fingerprint density at radius 3 is 2.93 bits per heavy atom. The second kappa shape index (κ2) is 7.51. The molecule has 0 bridgehead atoms. The van der Waals surface area contributed by atoms with Crippen LogP contribution in [-0.2, 0) is 27.4 Å². The number of piperidine rings is 1. The molecule has 3 N–H and O–H groups in total. The number of nitrogens with one attached hydrogen (secondary N) is 3. The van der Waals surface area contributed by atoms with E-state index in [0.717, 1.165) is 37.1 Å². The number of nitrogens with zero attached hydrogens (tertiary/aromatic N) is 1. The minimum Gasteiger partial charge on any atom is -0.375 e. The zero-order valence-corrected chi connectivity index (χ0v) is 16.3. The molecule has 3 heterocycles. The van der Waals surface area contributed by atoms with Crippen LogP contribution in [0.4, 0.5) is 0 Å². The fourth-order valence-corrected chi connectivity index (χ4v) is 5.11. The molecule has 1 saturated carbocycles. The molecule has 1 aromatic rings. The Labute approximate surface area is 169 Å². The molecule has 8 heteroatoms. The topological polar surface area (TPSA) is 99.8 Å². The minimum absolute atomic E-state index is 0.114. The highest BCUT2D eigenvalue weighted by atomic mass is 16.5. The van der Waals surface area contributed by atoms with Crippen LogP contribution in [-0.4, -0.2) is 60.0 Å². The van der Waals surface area contributed by atoms with E-state index in [2.05, 4.69) is 16.0 Å². The predicted molar refractivity (Wildman–Crippen MR) is 104 cm³/mol. The summed E-state index contributed by atoms with van der Waals surface area (Å²) >= 11 is 0. The van der Waals surface area contributed by atoms with Crippen LogP contribution in [0.15, 0.2) is 18.2 Å². The van der Waals surface area contributed by atoms with Gasteiger partial charge in [-0.3, -0.25) is 19.7 Å². The first kappa shape index (κ1) is 18.7. The molecule has 154 valence electrons. The number of carbonyl (C=O) groups is 3. The fraction of sp³-hybridized carbons (Fsp3) is 0.571. The molecule has 3 fully saturated rings. The quantitative estimate of drug-likeness (QED) is 0.620. The summed E-state index contributed by atoms with van der Waals surface area (Å²) in [6.45, 7) is 2.71. The van der Waals surface area contributed by atoms with Gasteiger partial charge < -0.3 is 20.3 Å². The van der Waals surface area contributed by atoms with Crippen molar-refractivity contribution in [3.05, 3.63) is 34.9 Å². The van der Waals surface area contributed by atoms with Gasteiger partial charge in [-0.15, -0.1) is 0 Å². The molecule has 5 rings (SSSR count). The third-order valence-corrected chi connectivity index (χ3v) is 6.56. The Bertz CT molecular complexity index is 843. The Morgan fingerprint density at radius 1 is 1.21 bits per heavy atom. The molecular weight excluding hydrogens is 372 g/mol. The lowest BCUT2D eigenvalue weighted by atomic mass is 10.0. The molecule has 1 aliphatic carbocycles. The van der Waals surface area contributed by atoms with E-state index in [1.165, 1.54) is 0 Å². The van der Waals surface area contributed by atoms with Gasteiger partial charge in [0.25, 0.3) is 5.91 Å². The number of imide groups is 1. The maximum absolute atomic E-state index is 13.1. The van der Waals surface area contributed by atoms with Crippen molar-refractivity contribution in [1.82, 2.24) is 20.9 Å². The second-order valence-electron chi connectivity index (χ2n) is 8.37. The van der Waals surface area contributed by atoms with Gasteiger partial charge in [-0.05, 0) is 30.4 Å². The van der Waals surface area contributed by atoms with Crippen LogP contribution in [0.2, 0.25) is 0 Å². The van der Waals surface area contributed by atoms with Gasteiger partial charge in [0, 0.05) is 43.7 Å². The van der Waals surface area contributed by atoms with Crippen molar-refractivity contribution in [2.45, 2.75) is 63.0 Å². The van der Waals surface area contributed by atoms with Crippen LogP contribution in [0.3, 0.4) is 0 Å². The minimum atomic E-state index is -0.574. The number of morpholine rings is 1. The number of amides is 3. The first-order valence-corrected chi connectivity index (χ1v) is 10.4. The van der Waals surface area contributed by atoms with Gasteiger partial charge in [0.2, 0.25) is 11.8 Å². The first-order valence-electron chi connectivity index (χ1n) is 10.4. The number of carbonyl (C=O) groups excluding carboxylic acids is 3. The average molecular weight is 398 g/mol. The zero-order chi connectivity index (χ0) is 20.0. The van der Waals surface area contributed by atoms with Crippen LogP contribution in [0, 0.1) is 0 Å². The van der Waals surface area contributed by atoms with E-state index in [1.807, 2.05) is 18.2 Å². The van der Waals surface area contributed by atoms with Gasteiger partial charge in [-0.25, -0.2) is 0 Å². The molecule has 0 spiro atoms. The van der Waals surface area contributed by atoms with Crippen molar-refractivity contribution < 1.29 is 19.1 Å². The summed E-state index contributed by atoms with van der Waals surface area (Å²) in [7, 11) is 0. The molecule has 3 amide bonds. The summed E-state index contributed by atoms with van der Waals surface area (Å²) in [5.41, 5.74) is 2.62. The average Bonchev–Trinajstić information content (AvgIpc) is 3.28. The van der Waals surface area contributed by atoms with E-state index >= 15 is 0 Å². The van der Waals surface area contributed by atoms with Crippen LogP contribution >= 0.6 is 0 Å². The molecular formula is C21H26N4O4. The van der Waals surface area contributed by atoms with Crippen molar-refractivity contribution in [1.29, 1.82) is 0 Å². The molecule has 8 nitrogen and oxygen atoms in total. The predicted octanol–water partition coefficient (Wildman–Crippen LogP) is 0.0566. The first-order chi connectivity index (χ1) is 14.1. The molecule has 0 aromatic heterocycles. The lowest BCUT2D eigenvalue weighted by molar-refractivity contribution is -0.136. The van der Waals surface area contributed by atoms with Gasteiger partial charge >= 0.3 is 0 Å². The summed E-state index contributed by atoms with van der Waals surface area (Å²) in [6, 6.07) is 6.09. The summed E-state index contributed by atoms with van der Waals surface area (Å²) in [6.07, 6.45) is 2.92. The molecule has 4 unspecified atom stereocenters. The number of rotatable bonds is 4. The van der Waals surface area contributed by atoms with Crippen molar-refractivity contribution >= 4 is 17.7 Å². The maximum atomic E-state index is 13.1. The summed E-state index contributed by atoms with van der Waals surface area (Å²) in [4.78, 5) is 38.4. The van der Waals surface area contributed by atoms with Crippen LogP contribution < -0.4 is 16.0 Å². The Hall–Kier alpha value is -2.29. The summed E-state index contributed by atoms with van der Waals surface area (Å²) in [5.74, 6) is -0.754. The van der Waals surface area contributed by atoms with Crippen molar-refractivity contribution in [3.63, 3.8) is 0 Å². The number of benzene rings is 1. The van der Waals surface area contributed by atoms with E-state index in [1.54, 1.807) is 4.90 Å². The van der Waals surface area contributed by atoms with Crippen LogP contribution in [0.1, 0.15) is 47.2 Å². The highest BCUT2D eigenvalue weighted by Gasteiger charge is 2.40. The number of hydrogen-bond donors (Lipinski definition) is 3. The number of fused-ring (bicyclic) bond motifs is 2.